The molecule has 2 aliphatic rings. The Bertz CT molecular complexity index is 1000. The maximum absolute atomic E-state index is 13.6. The number of rotatable bonds is 5. The topological polar surface area (TPSA) is 76.2 Å². The normalized spacial score (nSPS) is 19.9. The van der Waals surface area contributed by atoms with Crippen LogP contribution in [0.25, 0.3) is 0 Å². The molecular weight excluding hydrogens is 404 g/mol. The van der Waals surface area contributed by atoms with Crippen molar-refractivity contribution in [2.45, 2.75) is 30.8 Å². The van der Waals surface area contributed by atoms with E-state index >= 15 is 0 Å². The van der Waals surface area contributed by atoms with E-state index in [4.69, 9.17) is 9.47 Å². The summed E-state index contributed by atoms with van der Waals surface area (Å²) in [7, 11) is -3.87. The molecule has 1 saturated heterocycles. The lowest BCUT2D eigenvalue weighted by Crippen LogP contribution is -2.55. The Balaban J connectivity index is 1.69. The van der Waals surface area contributed by atoms with Crippen molar-refractivity contribution in [3.63, 3.8) is 0 Å². The quantitative estimate of drug-likeness (QED) is 0.726. The van der Waals surface area contributed by atoms with Gasteiger partial charge in [0.15, 0.2) is 0 Å². The Kier molecular flexibility index (Phi) is 6.08. The second kappa shape index (κ2) is 8.75. The first kappa shape index (κ1) is 20.8. The van der Waals surface area contributed by atoms with Crippen LogP contribution in [0.3, 0.4) is 0 Å². The van der Waals surface area contributed by atoms with Gasteiger partial charge >= 0.3 is 0 Å². The Morgan fingerprint density at radius 3 is 2.40 bits per heavy atom. The van der Waals surface area contributed by atoms with Gasteiger partial charge in [-0.05, 0) is 48.7 Å². The van der Waals surface area contributed by atoms with Crippen LogP contribution in [0.4, 0.5) is 0 Å². The van der Waals surface area contributed by atoms with Crippen LogP contribution in [0, 0.1) is 0 Å². The van der Waals surface area contributed by atoms with Gasteiger partial charge in [0.25, 0.3) is 0 Å². The predicted molar refractivity (Wildman–Crippen MR) is 112 cm³/mol. The van der Waals surface area contributed by atoms with Gasteiger partial charge in [-0.2, -0.15) is 4.31 Å². The van der Waals surface area contributed by atoms with Crippen molar-refractivity contribution < 1.29 is 22.7 Å². The molecule has 1 unspecified atom stereocenters. The van der Waals surface area contributed by atoms with E-state index in [0.717, 1.165) is 11.1 Å². The number of carbonyl (C=O) groups is 1. The summed E-state index contributed by atoms with van der Waals surface area (Å²) >= 11 is 0. The molecule has 4 rings (SSSR count). The Hall–Kier alpha value is -2.42. The molecule has 2 aliphatic heterocycles. The third-order valence-electron chi connectivity index (χ3n) is 5.55. The first-order valence-corrected chi connectivity index (χ1v) is 11.6. The number of amides is 1. The highest BCUT2D eigenvalue weighted by Gasteiger charge is 2.41. The fraction of sp³-hybridized carbons (Fsp3) is 0.409. The summed E-state index contributed by atoms with van der Waals surface area (Å²) in [6.07, 6.45) is 0.364. The molecule has 0 aliphatic carbocycles. The van der Waals surface area contributed by atoms with Gasteiger partial charge in [-0.15, -0.1) is 0 Å². The summed E-state index contributed by atoms with van der Waals surface area (Å²) in [5.74, 6) is 0.448. The van der Waals surface area contributed by atoms with Crippen molar-refractivity contribution in [2.24, 2.45) is 0 Å². The van der Waals surface area contributed by atoms with E-state index in [1.165, 1.54) is 16.4 Å². The number of benzene rings is 2. The highest BCUT2D eigenvalue weighted by molar-refractivity contribution is 7.89. The van der Waals surface area contributed by atoms with E-state index < -0.39 is 16.1 Å². The minimum atomic E-state index is -3.87. The van der Waals surface area contributed by atoms with Crippen LogP contribution in [0.1, 0.15) is 18.1 Å². The van der Waals surface area contributed by atoms with Crippen molar-refractivity contribution in [1.29, 1.82) is 0 Å². The molecular formula is C22H26N2O5S. The number of hydrogen-bond acceptors (Lipinski definition) is 5. The first-order valence-electron chi connectivity index (χ1n) is 10.2. The number of nitrogens with zero attached hydrogens (tertiary/aromatic N) is 2. The zero-order valence-electron chi connectivity index (χ0n) is 17.0. The molecule has 0 spiro atoms. The number of ether oxygens (including phenoxy) is 2. The molecule has 2 heterocycles. The highest BCUT2D eigenvalue weighted by atomic mass is 32.2. The van der Waals surface area contributed by atoms with Crippen LogP contribution in [0.2, 0.25) is 0 Å². The molecule has 1 atom stereocenters. The summed E-state index contributed by atoms with van der Waals surface area (Å²) < 4.78 is 39.2. The molecule has 8 heteroatoms. The number of fused-ring (bicyclic) bond motifs is 1. The Morgan fingerprint density at radius 1 is 1.07 bits per heavy atom. The average molecular weight is 431 g/mol. The summed E-state index contributed by atoms with van der Waals surface area (Å²) in [5.41, 5.74) is 1.94. The van der Waals surface area contributed by atoms with Gasteiger partial charge in [-0.1, -0.05) is 24.3 Å². The fourth-order valence-corrected chi connectivity index (χ4v) is 5.53. The zero-order valence-corrected chi connectivity index (χ0v) is 17.8. The van der Waals surface area contributed by atoms with Crippen LogP contribution in [-0.4, -0.2) is 62.5 Å². The van der Waals surface area contributed by atoms with E-state index in [2.05, 4.69) is 0 Å². The molecule has 2 aromatic rings. The first-order chi connectivity index (χ1) is 14.5. The Labute approximate surface area is 177 Å². The third kappa shape index (κ3) is 4.08. The van der Waals surface area contributed by atoms with Gasteiger partial charge in [0, 0.05) is 19.6 Å². The molecule has 2 aromatic carbocycles. The van der Waals surface area contributed by atoms with Crippen LogP contribution >= 0.6 is 0 Å². The third-order valence-corrected chi connectivity index (χ3v) is 7.42. The van der Waals surface area contributed by atoms with E-state index in [-0.39, 0.29) is 17.3 Å². The van der Waals surface area contributed by atoms with Crippen LogP contribution in [0.5, 0.6) is 5.75 Å². The molecule has 0 N–H and O–H groups in total. The van der Waals surface area contributed by atoms with Crippen LogP contribution in [0.15, 0.2) is 53.4 Å². The molecule has 1 fully saturated rings. The van der Waals surface area contributed by atoms with Gasteiger partial charge in [0.2, 0.25) is 15.9 Å². The number of carbonyl (C=O) groups excluding carboxylic acids is 1. The van der Waals surface area contributed by atoms with E-state index in [1.54, 1.807) is 17.0 Å². The van der Waals surface area contributed by atoms with Gasteiger partial charge in [-0.25, -0.2) is 8.42 Å². The lowest BCUT2D eigenvalue weighted by atomic mass is 9.95. The average Bonchev–Trinajstić information content (AvgIpc) is 2.79. The standard InChI is InChI=1S/C22H26N2O5S/c1-2-29-19-7-9-20(10-8-19)30(26,27)24-16-18-6-4-3-5-17(18)15-21(24)22(25)23-11-13-28-14-12-23/h3-10,21H,2,11-16H2,1H3. The summed E-state index contributed by atoms with van der Waals surface area (Å²) in [6, 6.07) is 13.3. The van der Waals surface area contributed by atoms with Crippen molar-refractivity contribution in [3.8, 4) is 5.75 Å². The summed E-state index contributed by atoms with van der Waals surface area (Å²) in [6.45, 7) is 4.46. The lowest BCUT2D eigenvalue weighted by Gasteiger charge is -2.38. The van der Waals surface area contributed by atoms with Crippen molar-refractivity contribution >= 4 is 15.9 Å². The second-order valence-electron chi connectivity index (χ2n) is 7.38. The Morgan fingerprint density at radius 2 is 1.73 bits per heavy atom. The smallest absolute Gasteiger partial charge is 0.244 e. The number of sulfonamides is 1. The maximum atomic E-state index is 13.6. The maximum Gasteiger partial charge on any atom is 0.244 e. The van der Waals surface area contributed by atoms with Gasteiger partial charge in [0.1, 0.15) is 11.8 Å². The van der Waals surface area contributed by atoms with Gasteiger partial charge < -0.3 is 14.4 Å². The molecule has 0 saturated carbocycles. The zero-order chi connectivity index (χ0) is 21.1. The van der Waals surface area contributed by atoms with Crippen molar-refractivity contribution in [2.75, 3.05) is 32.9 Å². The van der Waals surface area contributed by atoms with Crippen molar-refractivity contribution in [3.05, 3.63) is 59.7 Å². The van der Waals surface area contributed by atoms with Crippen LogP contribution in [-0.2, 0) is 32.5 Å². The predicted octanol–water partition coefficient (Wildman–Crippen LogP) is 2.06. The molecule has 0 bridgehead atoms. The minimum absolute atomic E-state index is 0.158. The fourth-order valence-electron chi connectivity index (χ4n) is 3.97. The minimum Gasteiger partial charge on any atom is -0.494 e. The largest absolute Gasteiger partial charge is 0.494 e. The van der Waals surface area contributed by atoms with Gasteiger partial charge in [0.05, 0.1) is 24.7 Å². The number of morpholine rings is 1. The van der Waals surface area contributed by atoms with E-state index in [9.17, 15) is 13.2 Å². The molecule has 0 aromatic heterocycles. The molecule has 30 heavy (non-hydrogen) atoms. The lowest BCUT2D eigenvalue weighted by molar-refractivity contribution is -0.139. The SMILES string of the molecule is CCOc1ccc(S(=O)(=O)N2Cc3ccccc3CC2C(=O)N2CCOCC2)cc1. The molecule has 0 radical (unpaired) electrons. The molecule has 160 valence electrons. The van der Waals surface area contributed by atoms with Crippen molar-refractivity contribution in [1.82, 2.24) is 9.21 Å². The number of hydrogen-bond donors (Lipinski definition) is 0. The monoisotopic (exact) mass is 430 g/mol. The van der Waals surface area contributed by atoms with Gasteiger partial charge in [-0.3, -0.25) is 4.79 Å². The summed E-state index contributed by atoms with van der Waals surface area (Å²) in [5, 5.41) is 0. The second-order valence-corrected chi connectivity index (χ2v) is 9.27. The molecule has 1 amide bonds. The van der Waals surface area contributed by atoms with E-state index in [0.29, 0.717) is 45.1 Å². The van der Waals surface area contributed by atoms with Crippen LogP contribution < -0.4 is 4.74 Å². The molecule has 7 nitrogen and oxygen atoms in total. The summed E-state index contributed by atoms with van der Waals surface area (Å²) in [4.78, 5) is 15.2. The highest BCUT2D eigenvalue weighted by Crippen LogP contribution is 2.31. The van der Waals surface area contributed by atoms with E-state index in [1.807, 2.05) is 31.2 Å².